The van der Waals surface area contributed by atoms with E-state index in [9.17, 15) is 9.59 Å². The normalized spacial score (nSPS) is 14.9. The minimum atomic E-state index is 0.0209. The number of hydrogen-bond acceptors (Lipinski definition) is 3. The van der Waals surface area contributed by atoms with Gasteiger partial charge in [-0.25, -0.2) is 0 Å². The van der Waals surface area contributed by atoms with E-state index in [0.29, 0.717) is 26.2 Å². The van der Waals surface area contributed by atoms with Crippen molar-refractivity contribution in [3.8, 4) is 0 Å². The van der Waals surface area contributed by atoms with E-state index in [1.807, 2.05) is 66.4 Å². The zero-order valence-electron chi connectivity index (χ0n) is 15.1. The van der Waals surface area contributed by atoms with Crippen LogP contribution in [-0.4, -0.2) is 54.3 Å². The molecule has 1 aliphatic rings. The summed E-state index contributed by atoms with van der Waals surface area (Å²) < 4.78 is 0. The molecule has 5 heteroatoms. The highest BCUT2D eigenvalue weighted by atomic mass is 16.2. The minimum Gasteiger partial charge on any atom is -0.351 e. The lowest BCUT2D eigenvalue weighted by atomic mass is 10.1. The molecule has 26 heavy (non-hydrogen) atoms. The number of nitrogens with one attached hydrogen (secondary N) is 1. The fourth-order valence-corrected chi connectivity index (χ4v) is 3.15. The van der Waals surface area contributed by atoms with Crippen LogP contribution >= 0.6 is 0 Å². The second-order valence-corrected chi connectivity index (χ2v) is 6.65. The second-order valence-electron chi connectivity index (χ2n) is 6.65. The first-order valence-electron chi connectivity index (χ1n) is 9.01. The van der Waals surface area contributed by atoms with Crippen molar-refractivity contribution in [3.05, 3.63) is 71.3 Å². The molecule has 1 saturated heterocycles. The Balaban J connectivity index is 1.44. The average molecular weight is 351 g/mol. The van der Waals surface area contributed by atoms with Crippen LogP contribution in [0.15, 0.2) is 54.6 Å². The van der Waals surface area contributed by atoms with Gasteiger partial charge in [0.25, 0.3) is 5.91 Å². The molecule has 5 nitrogen and oxygen atoms in total. The van der Waals surface area contributed by atoms with Crippen molar-refractivity contribution < 1.29 is 9.59 Å². The summed E-state index contributed by atoms with van der Waals surface area (Å²) in [7, 11) is 0. The van der Waals surface area contributed by atoms with Gasteiger partial charge in [0.05, 0.1) is 6.54 Å². The molecule has 2 amide bonds. The Labute approximate surface area is 154 Å². The molecule has 0 unspecified atom stereocenters. The number of carbonyl (C=O) groups is 2. The predicted octanol–water partition coefficient (Wildman–Crippen LogP) is 2.07. The van der Waals surface area contributed by atoms with Crippen LogP contribution in [0.2, 0.25) is 0 Å². The zero-order valence-corrected chi connectivity index (χ0v) is 15.1. The summed E-state index contributed by atoms with van der Waals surface area (Å²) >= 11 is 0. The van der Waals surface area contributed by atoms with Crippen molar-refractivity contribution in [1.29, 1.82) is 0 Å². The van der Waals surface area contributed by atoms with Crippen molar-refractivity contribution in [2.45, 2.75) is 13.5 Å². The van der Waals surface area contributed by atoms with Gasteiger partial charge in [-0.2, -0.15) is 0 Å². The molecular weight excluding hydrogens is 326 g/mol. The van der Waals surface area contributed by atoms with Crippen molar-refractivity contribution in [1.82, 2.24) is 15.1 Å². The van der Waals surface area contributed by atoms with Gasteiger partial charge in [0.2, 0.25) is 5.91 Å². The topological polar surface area (TPSA) is 52.7 Å². The van der Waals surface area contributed by atoms with Crippen LogP contribution in [0.5, 0.6) is 0 Å². The molecule has 2 aromatic carbocycles. The van der Waals surface area contributed by atoms with Gasteiger partial charge in [0.1, 0.15) is 0 Å². The van der Waals surface area contributed by atoms with E-state index < -0.39 is 0 Å². The summed E-state index contributed by atoms with van der Waals surface area (Å²) in [6.07, 6.45) is 0. The first-order chi connectivity index (χ1) is 12.6. The molecule has 0 aliphatic carbocycles. The molecule has 0 saturated carbocycles. The van der Waals surface area contributed by atoms with Crippen LogP contribution < -0.4 is 5.32 Å². The van der Waals surface area contributed by atoms with E-state index in [0.717, 1.165) is 29.8 Å². The molecule has 1 fully saturated rings. The summed E-state index contributed by atoms with van der Waals surface area (Å²) in [5.41, 5.74) is 2.86. The molecule has 0 spiro atoms. The number of rotatable bonds is 5. The van der Waals surface area contributed by atoms with Crippen LogP contribution in [0.25, 0.3) is 0 Å². The highest BCUT2D eigenvalue weighted by Crippen LogP contribution is 2.12. The third-order valence-electron chi connectivity index (χ3n) is 4.73. The predicted molar refractivity (Wildman–Crippen MR) is 102 cm³/mol. The summed E-state index contributed by atoms with van der Waals surface area (Å²) in [6.45, 7) is 5.62. The third-order valence-corrected chi connectivity index (χ3v) is 4.73. The Hall–Kier alpha value is -2.66. The Morgan fingerprint density at radius 2 is 1.58 bits per heavy atom. The number of nitrogens with zero attached hydrogens (tertiary/aromatic N) is 2. The van der Waals surface area contributed by atoms with Crippen LogP contribution in [0.3, 0.4) is 0 Å². The number of carbonyl (C=O) groups excluding carboxylic acids is 2. The smallest absolute Gasteiger partial charge is 0.254 e. The lowest BCUT2D eigenvalue weighted by Gasteiger charge is -2.34. The first-order valence-corrected chi connectivity index (χ1v) is 9.01. The summed E-state index contributed by atoms with van der Waals surface area (Å²) in [6, 6.07) is 17.6. The molecule has 1 heterocycles. The van der Waals surface area contributed by atoms with Gasteiger partial charge < -0.3 is 10.2 Å². The molecule has 1 N–H and O–H groups in total. The molecular formula is C21H25N3O2. The lowest BCUT2D eigenvalue weighted by molar-refractivity contribution is -0.122. The SMILES string of the molecule is Cc1ccccc1C(=O)N1CCN(CC(=O)NCc2ccccc2)CC1. The van der Waals surface area contributed by atoms with Gasteiger partial charge in [-0.05, 0) is 24.1 Å². The highest BCUT2D eigenvalue weighted by molar-refractivity contribution is 5.95. The maximum atomic E-state index is 12.6. The largest absolute Gasteiger partial charge is 0.351 e. The number of piperazine rings is 1. The van der Waals surface area contributed by atoms with Crippen molar-refractivity contribution in [2.75, 3.05) is 32.7 Å². The van der Waals surface area contributed by atoms with E-state index in [1.165, 1.54) is 0 Å². The lowest BCUT2D eigenvalue weighted by Crippen LogP contribution is -2.51. The van der Waals surface area contributed by atoms with Gasteiger partial charge in [-0.15, -0.1) is 0 Å². The zero-order chi connectivity index (χ0) is 18.4. The van der Waals surface area contributed by atoms with Crippen LogP contribution in [0.4, 0.5) is 0 Å². The number of amides is 2. The minimum absolute atomic E-state index is 0.0209. The van der Waals surface area contributed by atoms with E-state index in [2.05, 4.69) is 10.2 Å². The quantitative estimate of drug-likeness (QED) is 0.897. The molecule has 0 atom stereocenters. The van der Waals surface area contributed by atoms with E-state index in [4.69, 9.17) is 0 Å². The Kier molecular flexibility index (Phi) is 6.02. The second kappa shape index (κ2) is 8.63. The monoisotopic (exact) mass is 351 g/mol. The highest BCUT2D eigenvalue weighted by Gasteiger charge is 2.23. The van der Waals surface area contributed by atoms with Gasteiger partial charge in [-0.1, -0.05) is 48.5 Å². The Morgan fingerprint density at radius 3 is 2.27 bits per heavy atom. The molecule has 2 aromatic rings. The maximum absolute atomic E-state index is 12.6. The standard InChI is InChI=1S/C21H25N3O2/c1-17-7-5-6-10-19(17)21(26)24-13-11-23(12-14-24)16-20(25)22-15-18-8-3-2-4-9-18/h2-10H,11-16H2,1H3,(H,22,25). The van der Waals surface area contributed by atoms with Gasteiger partial charge in [0, 0.05) is 38.3 Å². The van der Waals surface area contributed by atoms with Gasteiger partial charge in [-0.3, -0.25) is 14.5 Å². The Morgan fingerprint density at radius 1 is 0.923 bits per heavy atom. The van der Waals surface area contributed by atoms with Crippen LogP contribution in [-0.2, 0) is 11.3 Å². The van der Waals surface area contributed by atoms with Crippen molar-refractivity contribution >= 4 is 11.8 Å². The number of aryl methyl sites for hydroxylation is 1. The van der Waals surface area contributed by atoms with Crippen LogP contribution in [0.1, 0.15) is 21.5 Å². The van der Waals surface area contributed by atoms with Crippen molar-refractivity contribution in [2.24, 2.45) is 0 Å². The summed E-state index contributed by atoms with van der Waals surface area (Å²) in [5, 5.41) is 2.95. The molecule has 1 aliphatic heterocycles. The summed E-state index contributed by atoms with van der Waals surface area (Å²) in [4.78, 5) is 28.7. The van der Waals surface area contributed by atoms with E-state index in [-0.39, 0.29) is 11.8 Å². The van der Waals surface area contributed by atoms with Crippen LogP contribution in [0, 0.1) is 6.92 Å². The fraction of sp³-hybridized carbons (Fsp3) is 0.333. The molecule has 0 bridgehead atoms. The third kappa shape index (κ3) is 4.70. The van der Waals surface area contributed by atoms with Gasteiger partial charge >= 0.3 is 0 Å². The average Bonchev–Trinajstić information content (AvgIpc) is 2.68. The number of benzene rings is 2. The number of hydrogen-bond donors (Lipinski definition) is 1. The molecule has 0 aromatic heterocycles. The summed E-state index contributed by atoms with van der Waals surface area (Å²) in [5.74, 6) is 0.101. The van der Waals surface area contributed by atoms with E-state index >= 15 is 0 Å². The molecule has 3 rings (SSSR count). The molecule has 0 radical (unpaired) electrons. The fourth-order valence-electron chi connectivity index (χ4n) is 3.15. The first kappa shape index (κ1) is 18.1. The maximum Gasteiger partial charge on any atom is 0.254 e. The Bertz CT molecular complexity index is 753. The van der Waals surface area contributed by atoms with Crippen molar-refractivity contribution in [3.63, 3.8) is 0 Å². The van der Waals surface area contributed by atoms with Gasteiger partial charge in [0.15, 0.2) is 0 Å². The van der Waals surface area contributed by atoms with E-state index in [1.54, 1.807) is 0 Å². The molecule has 136 valence electrons.